The zero-order valence-electron chi connectivity index (χ0n) is 14.4. The summed E-state index contributed by atoms with van der Waals surface area (Å²) in [6.07, 6.45) is 4.66. The Morgan fingerprint density at radius 3 is 2.76 bits per heavy atom. The van der Waals surface area contributed by atoms with Gasteiger partial charge in [0.2, 0.25) is 0 Å². The van der Waals surface area contributed by atoms with Crippen LogP contribution in [-0.2, 0) is 15.9 Å². The molecule has 132 valence electrons. The van der Waals surface area contributed by atoms with Crippen molar-refractivity contribution in [3.63, 3.8) is 0 Å². The number of carbonyl (C=O) groups is 1. The first-order valence-electron chi connectivity index (χ1n) is 8.51. The van der Waals surface area contributed by atoms with Gasteiger partial charge in [0.25, 0.3) is 5.91 Å². The fraction of sp³-hybridized carbons (Fsp3) is 0.421. The number of hydrogen-bond donors (Lipinski definition) is 0. The van der Waals surface area contributed by atoms with Crippen molar-refractivity contribution in [3.8, 4) is 0 Å². The SMILES string of the molecule is COCCO[C@@H]1CCN(C(=O)c2ccnnc2)[C@@H]1Cc1ccccc1. The third-order valence-electron chi connectivity index (χ3n) is 4.48. The molecule has 6 heteroatoms. The van der Waals surface area contributed by atoms with Crippen LogP contribution in [0.3, 0.4) is 0 Å². The van der Waals surface area contributed by atoms with E-state index >= 15 is 0 Å². The maximum Gasteiger partial charge on any atom is 0.255 e. The molecule has 1 aromatic carbocycles. The molecule has 2 aromatic rings. The minimum absolute atomic E-state index is 0.0000728. The van der Waals surface area contributed by atoms with E-state index in [-0.39, 0.29) is 18.1 Å². The first-order chi connectivity index (χ1) is 12.3. The number of carbonyl (C=O) groups excluding carboxylic acids is 1. The molecule has 6 nitrogen and oxygen atoms in total. The van der Waals surface area contributed by atoms with Crippen LogP contribution in [0.4, 0.5) is 0 Å². The fourth-order valence-corrected chi connectivity index (χ4v) is 3.23. The number of ether oxygens (including phenoxy) is 2. The summed E-state index contributed by atoms with van der Waals surface area (Å²) in [5, 5.41) is 7.57. The van der Waals surface area contributed by atoms with E-state index in [0.717, 1.165) is 12.8 Å². The number of rotatable bonds is 7. The summed E-state index contributed by atoms with van der Waals surface area (Å²) >= 11 is 0. The molecule has 0 spiro atoms. The van der Waals surface area contributed by atoms with Crippen molar-refractivity contribution >= 4 is 5.91 Å². The number of aromatic nitrogens is 2. The number of amides is 1. The highest BCUT2D eigenvalue weighted by Crippen LogP contribution is 2.26. The van der Waals surface area contributed by atoms with Gasteiger partial charge in [0.1, 0.15) is 0 Å². The second-order valence-electron chi connectivity index (χ2n) is 6.08. The van der Waals surface area contributed by atoms with Crippen molar-refractivity contribution in [1.29, 1.82) is 0 Å². The normalized spacial score (nSPS) is 20.0. The first-order valence-corrected chi connectivity index (χ1v) is 8.51. The van der Waals surface area contributed by atoms with Crippen molar-refractivity contribution in [1.82, 2.24) is 15.1 Å². The van der Waals surface area contributed by atoms with Crippen LogP contribution in [0.5, 0.6) is 0 Å². The van der Waals surface area contributed by atoms with Crippen molar-refractivity contribution in [2.24, 2.45) is 0 Å². The number of likely N-dealkylation sites (tertiary alicyclic amines) is 1. The van der Waals surface area contributed by atoms with Crippen LogP contribution in [0.25, 0.3) is 0 Å². The first kappa shape index (κ1) is 17.5. The lowest BCUT2D eigenvalue weighted by Crippen LogP contribution is -2.42. The van der Waals surface area contributed by atoms with Gasteiger partial charge >= 0.3 is 0 Å². The molecule has 1 aliphatic rings. The van der Waals surface area contributed by atoms with Crippen LogP contribution in [-0.4, -0.2) is 60.0 Å². The highest BCUT2D eigenvalue weighted by atomic mass is 16.5. The van der Waals surface area contributed by atoms with Crippen molar-refractivity contribution in [3.05, 3.63) is 59.9 Å². The lowest BCUT2D eigenvalue weighted by atomic mass is 10.0. The van der Waals surface area contributed by atoms with Crippen LogP contribution in [0.15, 0.2) is 48.8 Å². The number of nitrogens with zero attached hydrogens (tertiary/aromatic N) is 3. The molecule has 1 aliphatic heterocycles. The number of benzene rings is 1. The summed E-state index contributed by atoms with van der Waals surface area (Å²) in [6.45, 7) is 1.76. The molecule has 0 bridgehead atoms. The second kappa shape index (κ2) is 8.69. The van der Waals surface area contributed by atoms with E-state index in [1.54, 1.807) is 19.4 Å². The fourth-order valence-electron chi connectivity index (χ4n) is 3.23. The molecule has 1 fully saturated rings. The molecule has 0 N–H and O–H groups in total. The third-order valence-corrected chi connectivity index (χ3v) is 4.48. The molecular weight excluding hydrogens is 318 g/mol. The van der Waals surface area contributed by atoms with Gasteiger partial charge in [0.15, 0.2) is 0 Å². The van der Waals surface area contributed by atoms with Gasteiger partial charge in [-0.25, -0.2) is 0 Å². The Hall–Kier alpha value is -2.31. The number of hydrogen-bond acceptors (Lipinski definition) is 5. The van der Waals surface area contributed by atoms with Gasteiger partial charge in [-0.1, -0.05) is 30.3 Å². The summed E-state index contributed by atoms with van der Waals surface area (Å²) in [5.41, 5.74) is 1.76. The van der Waals surface area contributed by atoms with Gasteiger partial charge in [-0.3, -0.25) is 4.79 Å². The highest BCUT2D eigenvalue weighted by molar-refractivity contribution is 5.94. The maximum atomic E-state index is 12.9. The van der Waals surface area contributed by atoms with Crippen molar-refractivity contribution < 1.29 is 14.3 Å². The zero-order chi connectivity index (χ0) is 17.5. The zero-order valence-corrected chi connectivity index (χ0v) is 14.4. The van der Waals surface area contributed by atoms with Crippen LogP contribution < -0.4 is 0 Å². The Balaban J connectivity index is 1.77. The minimum Gasteiger partial charge on any atom is -0.382 e. The Morgan fingerprint density at radius 1 is 1.20 bits per heavy atom. The minimum atomic E-state index is -0.0197. The second-order valence-corrected chi connectivity index (χ2v) is 6.08. The Kier molecular flexibility index (Phi) is 6.09. The average Bonchev–Trinajstić information content (AvgIpc) is 3.05. The number of methoxy groups -OCH3 is 1. The molecule has 0 aliphatic carbocycles. The Labute approximate surface area is 147 Å². The molecule has 0 radical (unpaired) electrons. The largest absolute Gasteiger partial charge is 0.382 e. The van der Waals surface area contributed by atoms with Crippen LogP contribution in [0.1, 0.15) is 22.3 Å². The Bertz CT molecular complexity index is 666. The van der Waals surface area contributed by atoms with E-state index in [4.69, 9.17) is 9.47 Å². The summed E-state index contributed by atoms with van der Waals surface area (Å²) < 4.78 is 11.1. The summed E-state index contributed by atoms with van der Waals surface area (Å²) in [5.74, 6) is -0.0197. The van der Waals surface area contributed by atoms with E-state index in [9.17, 15) is 4.79 Å². The molecular formula is C19H23N3O3. The third kappa shape index (κ3) is 4.41. The monoisotopic (exact) mass is 341 g/mol. The molecule has 1 amide bonds. The van der Waals surface area contributed by atoms with Crippen molar-refractivity contribution in [2.45, 2.75) is 25.0 Å². The molecule has 2 atom stereocenters. The smallest absolute Gasteiger partial charge is 0.255 e. The molecule has 3 rings (SSSR count). The topological polar surface area (TPSA) is 64.6 Å². The van der Waals surface area contributed by atoms with Crippen molar-refractivity contribution in [2.75, 3.05) is 26.9 Å². The van der Waals surface area contributed by atoms with Crippen LogP contribution in [0.2, 0.25) is 0 Å². The van der Waals surface area contributed by atoms with E-state index in [2.05, 4.69) is 22.3 Å². The van der Waals surface area contributed by atoms with Crippen LogP contribution >= 0.6 is 0 Å². The predicted molar refractivity (Wildman–Crippen MR) is 93.2 cm³/mol. The summed E-state index contributed by atoms with van der Waals surface area (Å²) in [6, 6.07) is 11.9. The standard InChI is InChI=1S/C19H23N3O3/c1-24-11-12-25-18-8-10-22(19(23)16-7-9-20-21-14-16)17(18)13-15-5-3-2-4-6-15/h2-7,9,14,17-18H,8,10-13H2,1H3/t17-,18-/m1/s1. The maximum absolute atomic E-state index is 12.9. The van der Waals surface area contributed by atoms with Gasteiger partial charge < -0.3 is 14.4 Å². The van der Waals surface area contributed by atoms with E-state index in [1.165, 1.54) is 11.8 Å². The van der Waals surface area contributed by atoms with Gasteiger partial charge in [-0.05, 0) is 24.5 Å². The van der Waals surface area contributed by atoms with E-state index in [0.29, 0.717) is 25.3 Å². The molecule has 1 saturated heterocycles. The average molecular weight is 341 g/mol. The van der Waals surface area contributed by atoms with Gasteiger partial charge in [0, 0.05) is 13.7 Å². The van der Waals surface area contributed by atoms with Gasteiger partial charge in [-0.2, -0.15) is 10.2 Å². The van der Waals surface area contributed by atoms with E-state index in [1.807, 2.05) is 23.1 Å². The summed E-state index contributed by atoms with van der Waals surface area (Å²) in [4.78, 5) is 14.8. The molecule has 1 aromatic heterocycles. The lowest BCUT2D eigenvalue weighted by Gasteiger charge is -2.28. The van der Waals surface area contributed by atoms with Gasteiger partial charge in [0.05, 0.1) is 43.3 Å². The molecule has 0 saturated carbocycles. The molecule has 0 unspecified atom stereocenters. The highest BCUT2D eigenvalue weighted by Gasteiger charge is 2.38. The molecule has 2 heterocycles. The predicted octanol–water partition coefficient (Wildman–Crippen LogP) is 1.97. The quantitative estimate of drug-likeness (QED) is 0.721. The molecule has 25 heavy (non-hydrogen) atoms. The van der Waals surface area contributed by atoms with E-state index < -0.39 is 0 Å². The lowest BCUT2D eigenvalue weighted by molar-refractivity contribution is 0.000487. The summed E-state index contributed by atoms with van der Waals surface area (Å²) in [7, 11) is 1.66. The van der Waals surface area contributed by atoms with Gasteiger partial charge in [-0.15, -0.1) is 0 Å². The van der Waals surface area contributed by atoms with Crippen LogP contribution in [0, 0.1) is 0 Å². The Morgan fingerprint density at radius 2 is 2.04 bits per heavy atom.